The third-order valence-corrected chi connectivity index (χ3v) is 3.29. The van der Waals surface area contributed by atoms with E-state index in [1.807, 2.05) is 26.8 Å². The quantitative estimate of drug-likeness (QED) is 0.443. The van der Waals surface area contributed by atoms with Crippen LogP contribution in [0.5, 0.6) is 0 Å². The molecule has 1 aromatic heterocycles. The highest BCUT2D eigenvalue weighted by atomic mass is 16.6. The van der Waals surface area contributed by atoms with Crippen molar-refractivity contribution in [2.45, 2.75) is 26.8 Å². The van der Waals surface area contributed by atoms with Gasteiger partial charge in [-0.1, -0.05) is 6.07 Å². The van der Waals surface area contributed by atoms with Crippen LogP contribution in [0.15, 0.2) is 28.7 Å². The van der Waals surface area contributed by atoms with Gasteiger partial charge in [-0.05, 0) is 39.0 Å². The molecular weight excluding hydrogens is 272 g/mol. The van der Waals surface area contributed by atoms with Gasteiger partial charge >= 0.3 is 5.69 Å². The molecule has 2 aromatic rings. The van der Waals surface area contributed by atoms with E-state index in [1.165, 1.54) is 0 Å². The topological polar surface area (TPSA) is 106 Å². The number of hydrazine groups is 1. The van der Waals surface area contributed by atoms with Crippen molar-refractivity contribution in [2.75, 3.05) is 10.7 Å². The number of nitrogens with two attached hydrogens (primary N) is 1. The van der Waals surface area contributed by atoms with Crippen LogP contribution in [0, 0.1) is 24.0 Å². The van der Waals surface area contributed by atoms with E-state index in [-0.39, 0.29) is 17.4 Å². The second kappa shape index (κ2) is 5.84. The summed E-state index contributed by atoms with van der Waals surface area (Å²) in [7, 11) is 0. The number of aryl methyl sites for hydroxylation is 2. The molecule has 1 heterocycles. The number of anilines is 2. The van der Waals surface area contributed by atoms with Crippen molar-refractivity contribution in [1.82, 2.24) is 0 Å². The van der Waals surface area contributed by atoms with Crippen LogP contribution in [0.25, 0.3) is 0 Å². The number of hydrogen-bond acceptors (Lipinski definition) is 6. The van der Waals surface area contributed by atoms with E-state index in [1.54, 1.807) is 18.2 Å². The van der Waals surface area contributed by atoms with Gasteiger partial charge in [0.25, 0.3) is 0 Å². The monoisotopic (exact) mass is 290 g/mol. The van der Waals surface area contributed by atoms with Crippen LogP contribution in [-0.4, -0.2) is 4.92 Å². The molecule has 0 aliphatic carbocycles. The Kier molecular flexibility index (Phi) is 4.13. The highest BCUT2D eigenvalue weighted by Gasteiger charge is 2.21. The molecule has 7 nitrogen and oxygen atoms in total. The predicted molar refractivity (Wildman–Crippen MR) is 81.1 cm³/mol. The Morgan fingerprint density at radius 2 is 2.00 bits per heavy atom. The summed E-state index contributed by atoms with van der Waals surface area (Å²) in [4.78, 5) is 10.8. The molecular formula is C14H18N4O3. The zero-order valence-corrected chi connectivity index (χ0v) is 12.1. The second-order valence-electron chi connectivity index (χ2n) is 4.84. The maximum absolute atomic E-state index is 11.2. The van der Waals surface area contributed by atoms with Crippen LogP contribution in [0.4, 0.5) is 17.1 Å². The molecule has 4 N–H and O–H groups in total. The number of nitrogens with zero attached hydrogens (tertiary/aromatic N) is 1. The minimum atomic E-state index is -0.461. The number of hydrogen-bond donors (Lipinski definition) is 3. The molecule has 0 fully saturated rings. The van der Waals surface area contributed by atoms with Gasteiger partial charge in [-0.25, -0.2) is 0 Å². The number of furan rings is 1. The second-order valence-corrected chi connectivity index (χ2v) is 4.84. The SMILES string of the molecule is Cc1cc(C(C)Nc2cccc(NN)c2[N+](=O)[O-])c(C)o1. The first-order chi connectivity index (χ1) is 9.93. The first-order valence-electron chi connectivity index (χ1n) is 6.51. The Balaban J connectivity index is 2.35. The zero-order chi connectivity index (χ0) is 15.6. The molecule has 1 atom stereocenters. The summed E-state index contributed by atoms with van der Waals surface area (Å²) in [5.74, 6) is 6.93. The minimum Gasteiger partial charge on any atom is -0.466 e. The smallest absolute Gasteiger partial charge is 0.316 e. The van der Waals surface area contributed by atoms with Crippen molar-refractivity contribution in [3.8, 4) is 0 Å². The van der Waals surface area contributed by atoms with E-state index >= 15 is 0 Å². The number of rotatable bonds is 5. The van der Waals surface area contributed by atoms with E-state index in [4.69, 9.17) is 10.3 Å². The minimum absolute atomic E-state index is 0.0790. The highest BCUT2D eigenvalue weighted by molar-refractivity contribution is 5.76. The van der Waals surface area contributed by atoms with Crippen molar-refractivity contribution in [2.24, 2.45) is 5.84 Å². The average molecular weight is 290 g/mol. The normalized spacial score (nSPS) is 12.0. The van der Waals surface area contributed by atoms with Gasteiger partial charge in [0.1, 0.15) is 22.9 Å². The number of nitro benzene ring substituents is 1. The molecule has 7 heteroatoms. The van der Waals surface area contributed by atoms with E-state index in [0.717, 1.165) is 17.1 Å². The van der Waals surface area contributed by atoms with Crippen molar-refractivity contribution in [1.29, 1.82) is 0 Å². The van der Waals surface area contributed by atoms with Gasteiger partial charge in [-0.3, -0.25) is 16.0 Å². The summed E-state index contributed by atoms with van der Waals surface area (Å²) < 4.78 is 5.49. The van der Waals surface area contributed by atoms with E-state index in [2.05, 4.69) is 10.7 Å². The molecule has 0 spiro atoms. The van der Waals surface area contributed by atoms with Crippen LogP contribution < -0.4 is 16.6 Å². The Labute approximate surface area is 122 Å². The average Bonchev–Trinajstić information content (AvgIpc) is 2.77. The molecule has 21 heavy (non-hydrogen) atoms. The first kappa shape index (κ1) is 14.9. The molecule has 2 rings (SSSR count). The molecule has 0 radical (unpaired) electrons. The zero-order valence-electron chi connectivity index (χ0n) is 12.1. The lowest BCUT2D eigenvalue weighted by molar-refractivity contribution is -0.383. The summed E-state index contributed by atoms with van der Waals surface area (Å²) in [6, 6.07) is 6.70. The first-order valence-corrected chi connectivity index (χ1v) is 6.51. The van der Waals surface area contributed by atoms with Crippen LogP contribution >= 0.6 is 0 Å². The van der Waals surface area contributed by atoms with Gasteiger partial charge in [0.05, 0.1) is 11.0 Å². The third-order valence-electron chi connectivity index (χ3n) is 3.29. The fourth-order valence-corrected chi connectivity index (χ4v) is 2.36. The number of benzene rings is 1. The lowest BCUT2D eigenvalue weighted by atomic mass is 10.1. The lowest BCUT2D eigenvalue weighted by Gasteiger charge is -2.15. The molecule has 0 aliphatic heterocycles. The largest absolute Gasteiger partial charge is 0.466 e. The van der Waals surface area contributed by atoms with Gasteiger partial charge in [-0.2, -0.15) is 0 Å². The van der Waals surface area contributed by atoms with Gasteiger partial charge in [0, 0.05) is 5.56 Å². The molecule has 0 amide bonds. The fourth-order valence-electron chi connectivity index (χ4n) is 2.36. The van der Waals surface area contributed by atoms with Crippen molar-refractivity contribution in [3.05, 3.63) is 51.5 Å². The Hall–Kier alpha value is -2.54. The van der Waals surface area contributed by atoms with Gasteiger partial charge < -0.3 is 15.2 Å². The molecule has 0 aliphatic rings. The number of nitrogen functional groups attached to an aromatic ring is 1. The number of nitro groups is 1. The van der Waals surface area contributed by atoms with E-state index in [9.17, 15) is 10.1 Å². The van der Waals surface area contributed by atoms with E-state index in [0.29, 0.717) is 5.69 Å². The van der Waals surface area contributed by atoms with Crippen LogP contribution in [0.2, 0.25) is 0 Å². The summed E-state index contributed by atoms with van der Waals surface area (Å²) >= 11 is 0. The van der Waals surface area contributed by atoms with Crippen molar-refractivity contribution in [3.63, 3.8) is 0 Å². The van der Waals surface area contributed by atoms with Gasteiger partial charge in [0.2, 0.25) is 0 Å². The van der Waals surface area contributed by atoms with Crippen LogP contribution in [0.1, 0.15) is 30.0 Å². The molecule has 1 unspecified atom stereocenters. The molecule has 112 valence electrons. The summed E-state index contributed by atoms with van der Waals surface area (Å²) in [6.45, 7) is 5.65. The predicted octanol–water partition coefficient (Wildman–Crippen LogP) is 3.26. The fraction of sp³-hybridized carbons (Fsp3) is 0.286. The van der Waals surface area contributed by atoms with Crippen molar-refractivity contribution >= 4 is 17.1 Å². The lowest BCUT2D eigenvalue weighted by Crippen LogP contribution is -2.12. The van der Waals surface area contributed by atoms with Crippen LogP contribution in [-0.2, 0) is 0 Å². The molecule has 0 saturated heterocycles. The number of para-hydroxylation sites is 1. The Morgan fingerprint density at radius 3 is 2.52 bits per heavy atom. The maximum Gasteiger partial charge on any atom is 0.316 e. The molecule has 0 bridgehead atoms. The standard InChI is InChI=1S/C14H18N4O3/c1-8-7-11(10(3)21-8)9(2)16-12-5-4-6-13(17-15)14(12)18(19)20/h4-7,9,16-17H,15H2,1-3H3. The van der Waals surface area contributed by atoms with Crippen LogP contribution in [0.3, 0.4) is 0 Å². The van der Waals surface area contributed by atoms with E-state index < -0.39 is 4.92 Å². The Bertz CT molecular complexity index is 666. The summed E-state index contributed by atoms with van der Waals surface area (Å²) in [5, 5.41) is 14.4. The number of nitrogens with one attached hydrogen (secondary N) is 2. The highest BCUT2D eigenvalue weighted by Crippen LogP contribution is 2.35. The van der Waals surface area contributed by atoms with Crippen molar-refractivity contribution < 1.29 is 9.34 Å². The van der Waals surface area contributed by atoms with Gasteiger partial charge in [-0.15, -0.1) is 0 Å². The molecule has 0 saturated carbocycles. The van der Waals surface area contributed by atoms with Gasteiger partial charge in [0.15, 0.2) is 0 Å². The summed E-state index contributed by atoms with van der Waals surface area (Å²) in [6.07, 6.45) is 0. The molecule has 1 aromatic carbocycles. The Morgan fingerprint density at radius 1 is 1.33 bits per heavy atom. The maximum atomic E-state index is 11.2. The summed E-state index contributed by atoms with van der Waals surface area (Å²) in [5.41, 5.74) is 3.90. The third kappa shape index (κ3) is 2.97.